The summed E-state index contributed by atoms with van der Waals surface area (Å²) in [5.41, 5.74) is 4.14. The van der Waals surface area contributed by atoms with Crippen LogP contribution in [0.2, 0.25) is 0 Å². The number of rotatable bonds is 5. The normalized spacial score (nSPS) is 19.2. The van der Waals surface area contributed by atoms with Gasteiger partial charge in [-0.2, -0.15) is 5.10 Å². The van der Waals surface area contributed by atoms with Gasteiger partial charge in [-0.3, -0.25) is 19.2 Å². The Morgan fingerprint density at radius 1 is 1.25 bits per heavy atom. The van der Waals surface area contributed by atoms with Gasteiger partial charge >= 0.3 is 5.97 Å². The second kappa shape index (κ2) is 7.75. The fourth-order valence-corrected chi connectivity index (χ4v) is 4.29. The molecule has 2 aromatic rings. The molecule has 7 nitrogen and oxygen atoms in total. The maximum absolute atomic E-state index is 13.1. The van der Waals surface area contributed by atoms with Crippen LogP contribution in [-0.4, -0.2) is 50.8 Å². The highest BCUT2D eigenvalue weighted by atomic mass is 16.4. The van der Waals surface area contributed by atoms with Gasteiger partial charge in [0.25, 0.3) is 0 Å². The maximum atomic E-state index is 13.1. The summed E-state index contributed by atoms with van der Waals surface area (Å²) in [6, 6.07) is 10.3. The minimum absolute atomic E-state index is 0.0882. The highest BCUT2D eigenvalue weighted by molar-refractivity contribution is 5.97. The van der Waals surface area contributed by atoms with E-state index < -0.39 is 5.97 Å². The Kier molecular flexibility index (Phi) is 5.17. The number of anilines is 1. The number of hydrogen-bond donors (Lipinski definition) is 1. The van der Waals surface area contributed by atoms with Crippen molar-refractivity contribution in [3.63, 3.8) is 0 Å². The van der Waals surface area contributed by atoms with Crippen LogP contribution in [-0.2, 0) is 35.5 Å². The first-order valence-electron chi connectivity index (χ1n) is 9.91. The molecule has 1 N–H and O–H groups in total. The molecule has 0 fully saturated rings. The first kappa shape index (κ1) is 18.7. The predicted octanol–water partition coefficient (Wildman–Crippen LogP) is 2.08. The maximum Gasteiger partial charge on any atom is 0.303 e. The minimum atomic E-state index is -0.810. The molecular weight excluding hydrogens is 356 g/mol. The van der Waals surface area contributed by atoms with Gasteiger partial charge in [0, 0.05) is 37.8 Å². The van der Waals surface area contributed by atoms with E-state index in [0.29, 0.717) is 19.5 Å². The van der Waals surface area contributed by atoms with Crippen LogP contribution in [0.5, 0.6) is 0 Å². The number of fused-ring (bicyclic) bond motifs is 2. The Hall–Kier alpha value is -2.67. The fourth-order valence-electron chi connectivity index (χ4n) is 4.29. The second-order valence-corrected chi connectivity index (χ2v) is 7.75. The number of aromatic nitrogens is 2. The average Bonchev–Trinajstić information content (AvgIpc) is 3.13. The van der Waals surface area contributed by atoms with E-state index in [1.807, 2.05) is 33.8 Å². The molecule has 0 unspecified atom stereocenters. The van der Waals surface area contributed by atoms with Gasteiger partial charge in [0.2, 0.25) is 5.91 Å². The molecule has 2 aliphatic heterocycles. The first-order chi connectivity index (χ1) is 13.5. The monoisotopic (exact) mass is 382 g/mol. The summed E-state index contributed by atoms with van der Waals surface area (Å²) in [5, 5.41) is 13.4. The number of carbonyl (C=O) groups is 2. The lowest BCUT2D eigenvalue weighted by molar-refractivity contribution is -0.137. The van der Waals surface area contributed by atoms with Crippen molar-refractivity contribution in [1.82, 2.24) is 14.7 Å². The van der Waals surface area contributed by atoms with Crippen LogP contribution in [0.1, 0.15) is 36.7 Å². The zero-order chi connectivity index (χ0) is 19.7. The molecule has 28 heavy (non-hydrogen) atoms. The lowest BCUT2D eigenvalue weighted by atomic mass is 10.1. The number of carbonyl (C=O) groups excluding carboxylic acids is 1. The number of aryl methyl sites for hydroxylation is 2. The summed E-state index contributed by atoms with van der Waals surface area (Å²) in [6.07, 6.45) is 2.36. The van der Waals surface area contributed by atoms with Crippen molar-refractivity contribution in [2.45, 2.75) is 51.7 Å². The molecule has 3 heterocycles. The van der Waals surface area contributed by atoms with Crippen LogP contribution in [0.25, 0.3) is 0 Å². The fraction of sp³-hybridized carbons (Fsp3) is 0.476. The summed E-state index contributed by atoms with van der Waals surface area (Å²) in [6.45, 7) is 4.80. The Bertz CT molecular complexity index is 892. The average molecular weight is 382 g/mol. The van der Waals surface area contributed by atoms with Crippen LogP contribution >= 0.6 is 0 Å². The van der Waals surface area contributed by atoms with E-state index in [1.165, 1.54) is 5.56 Å². The molecule has 1 aromatic heterocycles. The molecule has 0 radical (unpaired) electrons. The zero-order valence-corrected chi connectivity index (χ0v) is 16.2. The summed E-state index contributed by atoms with van der Waals surface area (Å²) in [7, 11) is 0. The number of nitrogens with zero attached hydrogens (tertiary/aromatic N) is 4. The van der Waals surface area contributed by atoms with E-state index >= 15 is 0 Å². The molecule has 2 aliphatic rings. The third-order valence-electron chi connectivity index (χ3n) is 5.57. The molecule has 0 saturated heterocycles. The van der Waals surface area contributed by atoms with Crippen molar-refractivity contribution < 1.29 is 14.7 Å². The van der Waals surface area contributed by atoms with E-state index in [-0.39, 0.29) is 18.4 Å². The molecule has 0 bridgehead atoms. The van der Waals surface area contributed by atoms with Crippen molar-refractivity contribution in [2.24, 2.45) is 0 Å². The lowest BCUT2D eigenvalue weighted by Crippen LogP contribution is -2.43. The number of para-hydroxylation sites is 1. The SMILES string of the molecule is C[C@H]1Cc2ccccc2N1C(=O)CN1CCCn2nc(CCC(=O)O)cc2C1. The minimum Gasteiger partial charge on any atom is -0.481 e. The Morgan fingerprint density at radius 2 is 2.07 bits per heavy atom. The highest BCUT2D eigenvalue weighted by Gasteiger charge is 2.31. The number of carboxylic acids is 1. The molecule has 148 valence electrons. The molecule has 0 saturated carbocycles. The molecule has 7 heteroatoms. The van der Waals surface area contributed by atoms with E-state index in [2.05, 4.69) is 23.0 Å². The van der Waals surface area contributed by atoms with Gasteiger partial charge in [-0.25, -0.2) is 0 Å². The molecule has 4 rings (SSSR count). The lowest BCUT2D eigenvalue weighted by Gasteiger charge is -2.27. The molecular formula is C21H26N4O3. The van der Waals surface area contributed by atoms with Crippen LogP contribution in [0, 0.1) is 0 Å². The molecule has 1 amide bonds. The van der Waals surface area contributed by atoms with Crippen LogP contribution in [0.3, 0.4) is 0 Å². The smallest absolute Gasteiger partial charge is 0.303 e. The number of hydrogen-bond acceptors (Lipinski definition) is 4. The summed E-state index contributed by atoms with van der Waals surface area (Å²) in [4.78, 5) is 28.0. The van der Waals surface area contributed by atoms with Gasteiger partial charge in [-0.1, -0.05) is 18.2 Å². The van der Waals surface area contributed by atoms with E-state index in [0.717, 1.165) is 43.0 Å². The van der Waals surface area contributed by atoms with E-state index in [4.69, 9.17) is 5.11 Å². The Morgan fingerprint density at radius 3 is 2.89 bits per heavy atom. The zero-order valence-electron chi connectivity index (χ0n) is 16.2. The number of carboxylic acid groups (broad SMARTS) is 1. The van der Waals surface area contributed by atoms with Crippen LogP contribution in [0.15, 0.2) is 30.3 Å². The predicted molar refractivity (Wildman–Crippen MR) is 105 cm³/mol. The van der Waals surface area contributed by atoms with Gasteiger partial charge in [0.1, 0.15) is 0 Å². The van der Waals surface area contributed by atoms with Crippen molar-refractivity contribution in [2.75, 3.05) is 18.0 Å². The van der Waals surface area contributed by atoms with Gasteiger partial charge in [0.05, 0.1) is 24.4 Å². The number of aliphatic carboxylic acids is 1. The molecule has 1 atom stereocenters. The third-order valence-corrected chi connectivity index (χ3v) is 5.57. The van der Waals surface area contributed by atoms with Crippen LogP contribution < -0.4 is 4.90 Å². The van der Waals surface area contributed by atoms with Gasteiger partial charge in [0.15, 0.2) is 0 Å². The molecule has 1 aromatic carbocycles. The van der Waals surface area contributed by atoms with Crippen molar-refractivity contribution in [3.05, 3.63) is 47.3 Å². The highest BCUT2D eigenvalue weighted by Crippen LogP contribution is 2.32. The quantitative estimate of drug-likeness (QED) is 0.857. The van der Waals surface area contributed by atoms with Crippen molar-refractivity contribution in [1.29, 1.82) is 0 Å². The van der Waals surface area contributed by atoms with Crippen molar-refractivity contribution in [3.8, 4) is 0 Å². The summed E-state index contributed by atoms with van der Waals surface area (Å²) >= 11 is 0. The standard InChI is InChI=1S/C21H26N4O3/c1-15-11-16-5-2-3-6-19(16)25(15)20(26)14-23-9-4-10-24-18(13-23)12-17(22-24)7-8-21(27)28/h2-3,5-6,12,15H,4,7-11,13-14H2,1H3,(H,27,28)/t15-/m0/s1. The van der Waals surface area contributed by atoms with E-state index in [9.17, 15) is 9.59 Å². The summed E-state index contributed by atoms with van der Waals surface area (Å²) < 4.78 is 1.97. The molecule has 0 spiro atoms. The van der Waals surface area contributed by atoms with E-state index in [1.54, 1.807) is 0 Å². The number of amides is 1. The van der Waals surface area contributed by atoms with Gasteiger partial charge in [-0.15, -0.1) is 0 Å². The first-order valence-corrected chi connectivity index (χ1v) is 9.91. The van der Waals surface area contributed by atoms with Gasteiger partial charge < -0.3 is 10.0 Å². The largest absolute Gasteiger partial charge is 0.481 e. The van der Waals surface area contributed by atoms with Crippen LogP contribution in [0.4, 0.5) is 5.69 Å². The number of benzene rings is 1. The van der Waals surface area contributed by atoms with Gasteiger partial charge in [-0.05, 0) is 37.5 Å². The third kappa shape index (κ3) is 3.80. The van der Waals surface area contributed by atoms with Crippen molar-refractivity contribution >= 4 is 17.6 Å². The topological polar surface area (TPSA) is 78.7 Å². The second-order valence-electron chi connectivity index (χ2n) is 7.75. The summed E-state index contributed by atoms with van der Waals surface area (Å²) in [5.74, 6) is -0.674. The molecule has 0 aliphatic carbocycles. The Balaban J connectivity index is 1.44. The Labute approximate surface area is 164 Å².